The zero-order valence-corrected chi connectivity index (χ0v) is 14.3. The molecule has 5 rings (SSSR count). The molecule has 1 N–H and O–H groups in total. The molecule has 6 heteroatoms. The molecule has 0 aliphatic carbocycles. The normalized spacial score (nSPS) is 16.1. The highest BCUT2D eigenvalue weighted by Crippen LogP contribution is 2.31. The van der Waals surface area contributed by atoms with Crippen molar-refractivity contribution >= 4 is 22.4 Å². The summed E-state index contributed by atoms with van der Waals surface area (Å²) in [5, 5.41) is 9.00. The van der Waals surface area contributed by atoms with Gasteiger partial charge in [0.15, 0.2) is 17.1 Å². The van der Waals surface area contributed by atoms with Gasteiger partial charge in [-0.3, -0.25) is 0 Å². The van der Waals surface area contributed by atoms with Crippen LogP contribution in [0.15, 0.2) is 54.6 Å². The van der Waals surface area contributed by atoms with Gasteiger partial charge in [0.2, 0.25) is 0 Å². The number of rotatable bonds is 3. The van der Waals surface area contributed by atoms with Gasteiger partial charge in [-0.15, -0.1) is 0 Å². The van der Waals surface area contributed by atoms with Crippen LogP contribution in [0.2, 0.25) is 0 Å². The van der Waals surface area contributed by atoms with Crippen molar-refractivity contribution in [1.29, 1.82) is 0 Å². The lowest BCUT2D eigenvalue weighted by atomic mass is 10.2. The van der Waals surface area contributed by atoms with Gasteiger partial charge >= 0.3 is 0 Å². The second-order valence-corrected chi connectivity index (χ2v) is 6.41. The Kier molecular flexibility index (Phi) is 3.41. The molecular weight excluding hydrogens is 328 g/mol. The molecule has 0 fully saturated rings. The number of anilines is 1. The first-order valence-electron chi connectivity index (χ1n) is 8.65. The van der Waals surface area contributed by atoms with Gasteiger partial charge in [0.05, 0.1) is 17.8 Å². The van der Waals surface area contributed by atoms with E-state index in [4.69, 9.17) is 14.5 Å². The average molecular weight is 346 g/mol. The Morgan fingerprint density at radius 1 is 1.12 bits per heavy atom. The Balaban J connectivity index is 1.44. The Bertz CT molecular complexity index is 1110. The molecule has 0 saturated carbocycles. The van der Waals surface area contributed by atoms with Crippen molar-refractivity contribution in [1.82, 2.24) is 14.6 Å². The first-order valence-corrected chi connectivity index (χ1v) is 8.65. The Morgan fingerprint density at radius 3 is 2.85 bits per heavy atom. The first-order chi connectivity index (χ1) is 12.8. The summed E-state index contributed by atoms with van der Waals surface area (Å²) in [5.74, 6) is 2.41. The fourth-order valence-corrected chi connectivity index (χ4v) is 3.29. The van der Waals surface area contributed by atoms with Crippen LogP contribution in [0.5, 0.6) is 11.5 Å². The maximum absolute atomic E-state index is 6.02. The first kappa shape index (κ1) is 15.0. The predicted octanol–water partition coefficient (Wildman–Crippen LogP) is 3.44. The van der Waals surface area contributed by atoms with Crippen molar-refractivity contribution in [2.45, 2.75) is 13.0 Å². The molecule has 0 unspecified atom stereocenters. The number of ether oxygens (including phenoxy) is 2. The quantitative estimate of drug-likeness (QED) is 0.616. The van der Waals surface area contributed by atoms with E-state index in [2.05, 4.69) is 22.5 Å². The summed E-state index contributed by atoms with van der Waals surface area (Å²) >= 11 is 0. The molecule has 0 amide bonds. The third kappa shape index (κ3) is 2.50. The van der Waals surface area contributed by atoms with E-state index in [-0.39, 0.29) is 6.10 Å². The molecule has 130 valence electrons. The van der Waals surface area contributed by atoms with Crippen molar-refractivity contribution in [3.05, 3.63) is 60.3 Å². The fraction of sp³-hybridized carbons (Fsp3) is 0.200. The molecule has 0 spiro atoms. The smallest absolute Gasteiger partial charge is 0.161 e. The van der Waals surface area contributed by atoms with Gasteiger partial charge in [-0.1, -0.05) is 24.3 Å². The molecule has 0 saturated heterocycles. The van der Waals surface area contributed by atoms with Crippen molar-refractivity contribution in [3.63, 3.8) is 0 Å². The second kappa shape index (κ2) is 5.91. The second-order valence-electron chi connectivity index (χ2n) is 6.41. The van der Waals surface area contributed by atoms with E-state index in [0.29, 0.717) is 13.2 Å². The highest BCUT2D eigenvalue weighted by atomic mass is 16.6. The molecule has 2 aromatic carbocycles. The third-order valence-corrected chi connectivity index (χ3v) is 4.49. The number of aryl methyl sites for hydroxylation is 1. The number of benzene rings is 2. The highest BCUT2D eigenvalue weighted by Gasteiger charge is 2.21. The number of aromatic nitrogens is 3. The van der Waals surface area contributed by atoms with Crippen molar-refractivity contribution < 1.29 is 9.47 Å². The van der Waals surface area contributed by atoms with Gasteiger partial charge in [0.25, 0.3) is 0 Å². The molecule has 1 atom stereocenters. The summed E-state index contributed by atoms with van der Waals surface area (Å²) in [7, 11) is 0. The van der Waals surface area contributed by atoms with E-state index in [0.717, 1.165) is 39.6 Å². The monoisotopic (exact) mass is 346 g/mol. The van der Waals surface area contributed by atoms with Gasteiger partial charge in [-0.25, -0.2) is 9.50 Å². The molecule has 1 aliphatic rings. The topological polar surface area (TPSA) is 60.7 Å². The zero-order valence-electron chi connectivity index (χ0n) is 14.3. The van der Waals surface area contributed by atoms with Crippen LogP contribution in [0.3, 0.4) is 0 Å². The number of hydrogen-bond donors (Lipinski definition) is 1. The lowest BCUT2D eigenvalue weighted by molar-refractivity contribution is 0.0997. The van der Waals surface area contributed by atoms with Crippen LogP contribution in [-0.2, 0) is 0 Å². The van der Waals surface area contributed by atoms with Gasteiger partial charge in [0.1, 0.15) is 18.5 Å². The van der Waals surface area contributed by atoms with E-state index >= 15 is 0 Å². The molecule has 1 aliphatic heterocycles. The maximum Gasteiger partial charge on any atom is 0.161 e. The minimum atomic E-state index is -0.0756. The van der Waals surface area contributed by atoms with E-state index in [1.807, 2.05) is 53.9 Å². The van der Waals surface area contributed by atoms with Gasteiger partial charge in [-0.05, 0) is 31.2 Å². The van der Waals surface area contributed by atoms with Crippen LogP contribution in [-0.4, -0.2) is 33.9 Å². The summed E-state index contributed by atoms with van der Waals surface area (Å²) in [6, 6.07) is 17.8. The Morgan fingerprint density at radius 2 is 1.92 bits per heavy atom. The Hall–Kier alpha value is -3.28. The van der Waals surface area contributed by atoms with Crippen LogP contribution >= 0.6 is 0 Å². The van der Waals surface area contributed by atoms with Gasteiger partial charge in [-0.2, -0.15) is 5.10 Å². The van der Waals surface area contributed by atoms with Gasteiger partial charge in [0, 0.05) is 11.5 Å². The SMILES string of the molecule is Cc1cc2nc(NC[C@H]3COc4ccccc4O3)c3ccccc3n2n1. The highest BCUT2D eigenvalue weighted by molar-refractivity contribution is 5.91. The van der Waals surface area contributed by atoms with Crippen LogP contribution in [0.25, 0.3) is 16.6 Å². The van der Waals surface area contributed by atoms with Crippen LogP contribution in [0.4, 0.5) is 5.82 Å². The van der Waals surface area contributed by atoms with E-state index in [1.54, 1.807) is 0 Å². The van der Waals surface area contributed by atoms with E-state index in [1.165, 1.54) is 0 Å². The summed E-state index contributed by atoms with van der Waals surface area (Å²) in [6.07, 6.45) is -0.0756. The summed E-state index contributed by atoms with van der Waals surface area (Å²) < 4.78 is 13.7. The third-order valence-electron chi connectivity index (χ3n) is 4.49. The number of nitrogens with zero attached hydrogens (tertiary/aromatic N) is 3. The lowest BCUT2D eigenvalue weighted by Gasteiger charge is -2.26. The number of fused-ring (bicyclic) bond motifs is 4. The maximum atomic E-state index is 6.02. The minimum absolute atomic E-state index is 0.0756. The zero-order chi connectivity index (χ0) is 17.5. The van der Waals surface area contributed by atoms with Crippen molar-refractivity contribution in [3.8, 4) is 11.5 Å². The molecule has 26 heavy (non-hydrogen) atoms. The largest absolute Gasteiger partial charge is 0.486 e. The minimum Gasteiger partial charge on any atom is -0.486 e. The summed E-state index contributed by atoms with van der Waals surface area (Å²) in [6.45, 7) is 3.09. The van der Waals surface area contributed by atoms with Crippen molar-refractivity contribution in [2.75, 3.05) is 18.5 Å². The molecule has 4 aromatic rings. The molecule has 2 aromatic heterocycles. The summed E-state index contributed by atoms with van der Waals surface area (Å²) in [5.41, 5.74) is 2.80. The molecular formula is C20H18N4O2. The van der Waals surface area contributed by atoms with Gasteiger partial charge < -0.3 is 14.8 Å². The molecule has 0 bridgehead atoms. The lowest BCUT2D eigenvalue weighted by Crippen LogP contribution is -2.35. The van der Waals surface area contributed by atoms with Crippen molar-refractivity contribution in [2.24, 2.45) is 0 Å². The number of hydrogen-bond acceptors (Lipinski definition) is 5. The molecule has 3 heterocycles. The fourth-order valence-electron chi connectivity index (χ4n) is 3.29. The number of para-hydroxylation sites is 3. The van der Waals surface area contributed by atoms with E-state index in [9.17, 15) is 0 Å². The van der Waals surface area contributed by atoms with E-state index < -0.39 is 0 Å². The van der Waals surface area contributed by atoms with Crippen LogP contribution < -0.4 is 14.8 Å². The predicted molar refractivity (Wildman–Crippen MR) is 100 cm³/mol. The number of nitrogens with one attached hydrogen (secondary N) is 1. The summed E-state index contributed by atoms with van der Waals surface area (Å²) in [4.78, 5) is 4.75. The average Bonchev–Trinajstić information content (AvgIpc) is 3.06. The van der Waals surface area contributed by atoms with Crippen LogP contribution in [0, 0.1) is 6.92 Å². The molecule has 0 radical (unpaired) electrons. The standard InChI is InChI=1S/C20H18N4O2/c1-13-10-19-22-20(15-6-2-3-7-16(15)24(19)23-13)21-11-14-12-25-17-8-4-5-9-18(17)26-14/h2-10,14H,11-12H2,1H3,(H,21,22)/t14-/m0/s1. The molecule has 6 nitrogen and oxygen atoms in total. The Labute approximate surface area is 150 Å². The van der Waals surface area contributed by atoms with Crippen LogP contribution in [0.1, 0.15) is 5.69 Å².